The van der Waals surface area contributed by atoms with Crippen molar-refractivity contribution in [3.8, 4) is 0 Å². The predicted molar refractivity (Wildman–Crippen MR) is 182 cm³/mol. The van der Waals surface area contributed by atoms with Crippen LogP contribution in [0.5, 0.6) is 0 Å². The van der Waals surface area contributed by atoms with Crippen LogP contribution in [0.15, 0.2) is 144 Å². The molecule has 2 atom stereocenters. The quantitative estimate of drug-likeness (QED) is 0.177. The molecule has 0 fully saturated rings. The van der Waals surface area contributed by atoms with Crippen LogP contribution in [0.2, 0.25) is 0 Å². The van der Waals surface area contributed by atoms with Gasteiger partial charge in [0.05, 0.1) is 0 Å². The summed E-state index contributed by atoms with van der Waals surface area (Å²) in [6.45, 7) is 9.60. The number of rotatable bonds is 6. The van der Waals surface area contributed by atoms with Crippen molar-refractivity contribution in [2.45, 2.75) is 33.4 Å². The van der Waals surface area contributed by atoms with Crippen LogP contribution in [-0.4, -0.2) is 10.6 Å². The van der Waals surface area contributed by atoms with Gasteiger partial charge in [0.2, 0.25) is 0 Å². The van der Waals surface area contributed by atoms with Crippen LogP contribution in [0, 0.1) is 0 Å². The topological polar surface area (TPSA) is 0 Å². The summed E-state index contributed by atoms with van der Waals surface area (Å²) >= 11 is -1.28. The SMILES string of the molecule is CC1=C(C)[C]([Zr][C]2(c3ccccc3)P=C(c3ccccc3)C(C)=C2C)(c2ccccc2)P=C1c1ccccc1.Cl.Cl. The maximum atomic E-state index is 2.43. The second kappa shape index (κ2) is 13.2. The van der Waals surface area contributed by atoms with Crippen LogP contribution in [-0.2, 0) is 29.0 Å². The summed E-state index contributed by atoms with van der Waals surface area (Å²) in [6.07, 6.45) is 0. The van der Waals surface area contributed by atoms with E-state index in [1.807, 2.05) is 0 Å². The van der Waals surface area contributed by atoms with Gasteiger partial charge >= 0.3 is 250 Å². The average molecular weight is 691 g/mol. The van der Waals surface area contributed by atoms with Gasteiger partial charge in [0.15, 0.2) is 0 Å². The summed E-state index contributed by atoms with van der Waals surface area (Å²) in [6, 6.07) is 45.1. The van der Waals surface area contributed by atoms with E-state index in [1.165, 1.54) is 60.4 Å². The van der Waals surface area contributed by atoms with Crippen molar-refractivity contribution >= 4 is 51.8 Å². The van der Waals surface area contributed by atoms with E-state index in [9.17, 15) is 0 Å². The van der Waals surface area contributed by atoms with Crippen LogP contribution < -0.4 is 0 Å². The van der Waals surface area contributed by atoms with E-state index in [2.05, 4.69) is 149 Å². The van der Waals surface area contributed by atoms with E-state index < -0.39 is 23.2 Å². The minimum absolute atomic E-state index is 0. The fraction of sp³-hybridized carbons (Fsp3) is 0.167. The van der Waals surface area contributed by atoms with Gasteiger partial charge in [0, 0.05) is 0 Å². The van der Waals surface area contributed by atoms with Crippen LogP contribution in [0.25, 0.3) is 0 Å². The molecule has 4 aromatic rings. The van der Waals surface area contributed by atoms with E-state index in [-0.39, 0.29) is 30.5 Å². The van der Waals surface area contributed by atoms with E-state index >= 15 is 0 Å². The molecule has 4 aromatic carbocycles. The molecule has 0 nitrogen and oxygen atoms in total. The second-order valence-electron chi connectivity index (χ2n) is 10.4. The van der Waals surface area contributed by atoms with Crippen molar-refractivity contribution in [2.24, 2.45) is 0 Å². The Hall–Kier alpha value is -1.84. The summed E-state index contributed by atoms with van der Waals surface area (Å²) in [5.41, 5.74) is 11.8. The van der Waals surface area contributed by atoms with Crippen LogP contribution in [0.3, 0.4) is 0 Å². The van der Waals surface area contributed by atoms with Crippen molar-refractivity contribution in [3.05, 3.63) is 166 Å². The van der Waals surface area contributed by atoms with Gasteiger partial charge in [0.1, 0.15) is 0 Å². The Kier molecular flexibility index (Phi) is 10.3. The first-order valence-corrected chi connectivity index (χ1v) is 17.8. The first-order valence-electron chi connectivity index (χ1n) is 13.5. The van der Waals surface area contributed by atoms with Gasteiger partial charge in [-0.25, -0.2) is 0 Å². The summed E-state index contributed by atoms with van der Waals surface area (Å²) in [5, 5.41) is 3.00. The number of allylic oxidation sites excluding steroid dienone is 4. The molecule has 6 rings (SSSR count). The van der Waals surface area contributed by atoms with Gasteiger partial charge in [-0.05, 0) is 0 Å². The third kappa shape index (κ3) is 5.63. The molecule has 206 valence electrons. The minimum atomic E-state index is -1.28. The smallest absolute Gasteiger partial charge is 0.147 e. The van der Waals surface area contributed by atoms with Crippen LogP contribution in [0.1, 0.15) is 49.9 Å². The van der Waals surface area contributed by atoms with Crippen LogP contribution >= 0.6 is 41.2 Å². The van der Waals surface area contributed by atoms with Crippen molar-refractivity contribution in [2.75, 3.05) is 0 Å². The normalized spacial score (nSPS) is 22.3. The van der Waals surface area contributed by atoms with E-state index in [4.69, 9.17) is 0 Å². The number of halogens is 2. The van der Waals surface area contributed by atoms with Gasteiger partial charge in [-0.1, -0.05) is 0 Å². The van der Waals surface area contributed by atoms with Gasteiger partial charge in [0.25, 0.3) is 0 Å². The zero-order chi connectivity index (χ0) is 27.0. The monoisotopic (exact) mass is 688 g/mol. The molecular formula is C36H34Cl2P2Zr. The molecule has 2 unspecified atom stereocenters. The van der Waals surface area contributed by atoms with Gasteiger partial charge in [-0.3, -0.25) is 0 Å². The Bertz CT molecular complexity index is 1520. The maximum Gasteiger partial charge on any atom is -0.147 e. The Balaban J connectivity index is 0.00000194. The molecule has 0 aliphatic carbocycles. The van der Waals surface area contributed by atoms with E-state index in [1.54, 1.807) is 11.1 Å². The summed E-state index contributed by atoms with van der Waals surface area (Å²) < 4.78 is 0.104. The molecule has 0 N–H and O–H groups in total. The molecule has 0 radical (unpaired) electrons. The Morgan fingerprint density at radius 2 is 0.732 bits per heavy atom. The Labute approximate surface area is 272 Å². The van der Waals surface area contributed by atoms with Gasteiger partial charge in [-0.2, -0.15) is 0 Å². The summed E-state index contributed by atoms with van der Waals surface area (Å²) in [4.78, 5) is 0. The van der Waals surface area contributed by atoms with Gasteiger partial charge in [-0.15, -0.1) is 24.8 Å². The zero-order valence-corrected chi connectivity index (χ0v) is 29.6. The molecule has 2 aliphatic rings. The van der Waals surface area contributed by atoms with Crippen molar-refractivity contribution < 1.29 is 23.2 Å². The Morgan fingerprint density at radius 1 is 0.439 bits per heavy atom. The third-order valence-corrected chi connectivity index (χ3v) is 19.8. The summed E-state index contributed by atoms with van der Waals surface area (Å²) in [5.74, 6) is 0. The molecular weight excluding hydrogens is 656 g/mol. The molecule has 0 saturated heterocycles. The molecule has 0 spiro atoms. The second-order valence-corrected chi connectivity index (χ2v) is 19.5. The Morgan fingerprint density at radius 3 is 1.05 bits per heavy atom. The molecule has 0 bridgehead atoms. The molecule has 0 aromatic heterocycles. The first-order chi connectivity index (χ1) is 19.0. The molecule has 5 heteroatoms. The van der Waals surface area contributed by atoms with Crippen molar-refractivity contribution in [3.63, 3.8) is 0 Å². The maximum absolute atomic E-state index is 2.43. The van der Waals surface area contributed by atoms with Crippen molar-refractivity contribution in [1.82, 2.24) is 0 Å². The predicted octanol–water partition coefficient (Wildman–Crippen LogP) is 10.7. The fourth-order valence-corrected chi connectivity index (χ4v) is 18.8. The van der Waals surface area contributed by atoms with Gasteiger partial charge < -0.3 is 0 Å². The van der Waals surface area contributed by atoms with Crippen molar-refractivity contribution in [1.29, 1.82) is 0 Å². The molecule has 41 heavy (non-hydrogen) atoms. The largest absolute Gasteiger partial charge is 0.147 e. The molecule has 0 amide bonds. The minimum Gasteiger partial charge on any atom is -0.147 e. The molecule has 2 heterocycles. The average Bonchev–Trinajstić information content (AvgIpc) is 3.41. The van der Waals surface area contributed by atoms with Crippen LogP contribution in [0.4, 0.5) is 0 Å². The standard InChI is InChI=1S/2C18H16P.2ClH.Zr/c2*1-13-14(2)18(16-11-7-4-8-12-16)19-17(13)15-9-5-3-6-10-15;;;/h2*3-12H,1-2H3;2*1H;. The molecule has 2 aliphatic heterocycles. The number of hydrogen-bond donors (Lipinski definition) is 0. The van der Waals surface area contributed by atoms with E-state index in [0.29, 0.717) is 0 Å². The summed E-state index contributed by atoms with van der Waals surface area (Å²) in [7, 11) is 2.89. The first kappa shape index (κ1) is 32.1. The third-order valence-electron chi connectivity index (χ3n) is 8.32. The fourth-order valence-electron chi connectivity index (χ4n) is 5.89. The number of hydrogen-bond acceptors (Lipinski definition) is 0. The number of benzene rings is 4. The van der Waals surface area contributed by atoms with E-state index in [0.717, 1.165) is 0 Å². The zero-order valence-electron chi connectivity index (χ0n) is 23.8. The molecule has 0 saturated carbocycles.